The van der Waals surface area contributed by atoms with Crippen molar-refractivity contribution in [1.29, 1.82) is 0 Å². The molecule has 2 heterocycles. The standard InChI is InChI=1S/C13H11FIN3O/c14-10-3-1-2-4-11(10)19-9-7-18(8-9)13-6-5-12(15)16-17-13/h1-6,9H,7-8H2. The molecule has 1 aliphatic rings. The van der Waals surface area contributed by atoms with Crippen LogP contribution in [0, 0.1) is 9.52 Å². The van der Waals surface area contributed by atoms with Crippen LogP contribution < -0.4 is 9.64 Å². The average Bonchev–Trinajstić information content (AvgIpc) is 2.37. The van der Waals surface area contributed by atoms with E-state index in [0.717, 1.165) is 9.52 Å². The lowest BCUT2D eigenvalue weighted by atomic mass is 10.1. The van der Waals surface area contributed by atoms with E-state index in [4.69, 9.17) is 4.74 Å². The van der Waals surface area contributed by atoms with Gasteiger partial charge in [0, 0.05) is 0 Å². The van der Waals surface area contributed by atoms with Gasteiger partial charge in [0.2, 0.25) is 0 Å². The van der Waals surface area contributed by atoms with Crippen molar-refractivity contribution in [1.82, 2.24) is 10.2 Å². The van der Waals surface area contributed by atoms with Gasteiger partial charge in [0.1, 0.15) is 9.80 Å². The molecule has 1 aromatic heterocycles. The van der Waals surface area contributed by atoms with Crippen LogP contribution in [0.3, 0.4) is 0 Å². The molecule has 0 aliphatic carbocycles. The molecule has 0 spiro atoms. The number of halogens is 2. The van der Waals surface area contributed by atoms with Crippen molar-refractivity contribution >= 4 is 28.4 Å². The van der Waals surface area contributed by atoms with E-state index in [0.29, 0.717) is 18.8 Å². The van der Waals surface area contributed by atoms with Crippen LogP contribution in [-0.4, -0.2) is 29.4 Å². The Kier molecular flexibility index (Phi) is 3.50. The van der Waals surface area contributed by atoms with Gasteiger partial charge in [0.05, 0.1) is 13.1 Å². The molecule has 0 bridgehead atoms. The molecule has 1 aliphatic heterocycles. The van der Waals surface area contributed by atoms with Crippen LogP contribution in [0.15, 0.2) is 36.4 Å². The van der Waals surface area contributed by atoms with Crippen molar-refractivity contribution in [2.75, 3.05) is 18.0 Å². The molecular formula is C13H11FIN3O. The van der Waals surface area contributed by atoms with Crippen molar-refractivity contribution in [3.63, 3.8) is 0 Å². The molecular weight excluding hydrogens is 360 g/mol. The van der Waals surface area contributed by atoms with E-state index in [2.05, 4.69) is 37.7 Å². The van der Waals surface area contributed by atoms with Crippen molar-refractivity contribution in [3.05, 3.63) is 45.9 Å². The number of aromatic nitrogens is 2. The fourth-order valence-corrected chi connectivity index (χ4v) is 2.18. The normalized spacial score (nSPS) is 15.2. The number of hydrogen-bond acceptors (Lipinski definition) is 4. The molecule has 0 atom stereocenters. The van der Waals surface area contributed by atoms with Crippen molar-refractivity contribution < 1.29 is 9.13 Å². The first-order valence-electron chi connectivity index (χ1n) is 5.88. The van der Waals surface area contributed by atoms with Gasteiger partial charge in [-0.1, -0.05) is 12.1 Å². The van der Waals surface area contributed by atoms with E-state index < -0.39 is 0 Å². The molecule has 0 N–H and O–H groups in total. The predicted octanol–water partition coefficient (Wildman–Crippen LogP) is 2.49. The Morgan fingerprint density at radius 3 is 2.63 bits per heavy atom. The van der Waals surface area contributed by atoms with E-state index in [9.17, 15) is 4.39 Å². The van der Waals surface area contributed by atoms with Gasteiger partial charge in [-0.15, -0.1) is 10.2 Å². The van der Waals surface area contributed by atoms with Crippen molar-refractivity contribution in [2.24, 2.45) is 0 Å². The molecule has 1 aromatic carbocycles. The molecule has 0 saturated carbocycles. The molecule has 98 valence electrons. The summed E-state index contributed by atoms with van der Waals surface area (Å²) < 4.78 is 19.9. The van der Waals surface area contributed by atoms with Gasteiger partial charge in [0.25, 0.3) is 0 Å². The largest absolute Gasteiger partial charge is 0.484 e. The van der Waals surface area contributed by atoms with Gasteiger partial charge in [-0.2, -0.15) is 0 Å². The molecule has 4 nitrogen and oxygen atoms in total. The molecule has 3 rings (SSSR count). The maximum atomic E-state index is 13.4. The molecule has 2 aromatic rings. The van der Waals surface area contributed by atoms with E-state index >= 15 is 0 Å². The Hall–Kier alpha value is -1.44. The van der Waals surface area contributed by atoms with E-state index in [1.807, 2.05) is 12.1 Å². The Labute approximate surface area is 123 Å². The molecule has 6 heteroatoms. The van der Waals surface area contributed by atoms with Crippen molar-refractivity contribution in [3.8, 4) is 5.75 Å². The average molecular weight is 371 g/mol. The minimum absolute atomic E-state index is 0.00187. The van der Waals surface area contributed by atoms with Gasteiger partial charge in [-0.05, 0) is 46.9 Å². The highest BCUT2D eigenvalue weighted by Crippen LogP contribution is 2.24. The van der Waals surface area contributed by atoms with Gasteiger partial charge in [0.15, 0.2) is 17.4 Å². The third-order valence-electron chi connectivity index (χ3n) is 2.92. The minimum Gasteiger partial charge on any atom is -0.484 e. The summed E-state index contributed by atoms with van der Waals surface area (Å²) in [5.41, 5.74) is 0. The SMILES string of the molecule is Fc1ccccc1OC1CN(c2ccc(I)nn2)C1. The first-order valence-corrected chi connectivity index (χ1v) is 6.95. The van der Waals surface area contributed by atoms with Crippen LogP contribution >= 0.6 is 22.6 Å². The maximum Gasteiger partial charge on any atom is 0.165 e. The van der Waals surface area contributed by atoms with Gasteiger partial charge < -0.3 is 9.64 Å². The molecule has 0 unspecified atom stereocenters. The van der Waals surface area contributed by atoms with Crippen LogP contribution in [0.1, 0.15) is 0 Å². The number of para-hydroxylation sites is 1. The van der Waals surface area contributed by atoms with E-state index in [1.165, 1.54) is 6.07 Å². The monoisotopic (exact) mass is 371 g/mol. The summed E-state index contributed by atoms with van der Waals surface area (Å²) in [7, 11) is 0. The fourth-order valence-electron chi connectivity index (χ4n) is 1.90. The lowest BCUT2D eigenvalue weighted by molar-refractivity contribution is 0.160. The summed E-state index contributed by atoms with van der Waals surface area (Å²) in [6.45, 7) is 1.40. The zero-order chi connectivity index (χ0) is 13.2. The van der Waals surface area contributed by atoms with Crippen LogP contribution in [-0.2, 0) is 0 Å². The number of nitrogens with zero attached hydrogens (tertiary/aromatic N) is 3. The first kappa shape index (κ1) is 12.6. The highest BCUT2D eigenvalue weighted by atomic mass is 127. The van der Waals surface area contributed by atoms with Gasteiger partial charge in [-0.25, -0.2) is 4.39 Å². The van der Waals surface area contributed by atoms with Crippen LogP contribution in [0.2, 0.25) is 0 Å². The summed E-state index contributed by atoms with van der Waals surface area (Å²) in [5, 5.41) is 8.10. The summed E-state index contributed by atoms with van der Waals surface area (Å²) in [6.07, 6.45) is -0.00187. The third kappa shape index (κ3) is 2.78. The van der Waals surface area contributed by atoms with Gasteiger partial charge in [-0.3, -0.25) is 0 Å². The Bertz CT molecular complexity index is 572. The maximum absolute atomic E-state index is 13.4. The molecule has 1 fully saturated rings. The lowest BCUT2D eigenvalue weighted by Crippen LogP contribution is -2.54. The second kappa shape index (κ2) is 5.28. The Balaban J connectivity index is 1.58. The van der Waals surface area contributed by atoms with E-state index in [-0.39, 0.29) is 11.9 Å². The summed E-state index contributed by atoms with van der Waals surface area (Å²) in [5.74, 6) is 0.810. The smallest absolute Gasteiger partial charge is 0.165 e. The topological polar surface area (TPSA) is 38.2 Å². The zero-order valence-electron chi connectivity index (χ0n) is 9.96. The van der Waals surface area contributed by atoms with Crippen LogP contribution in [0.4, 0.5) is 10.2 Å². The minimum atomic E-state index is -0.324. The van der Waals surface area contributed by atoms with Gasteiger partial charge >= 0.3 is 0 Å². The Morgan fingerprint density at radius 2 is 1.95 bits per heavy atom. The van der Waals surface area contributed by atoms with Crippen molar-refractivity contribution in [2.45, 2.75) is 6.10 Å². The number of rotatable bonds is 3. The van der Waals surface area contributed by atoms with E-state index in [1.54, 1.807) is 18.2 Å². The molecule has 1 saturated heterocycles. The summed E-state index contributed by atoms with van der Waals surface area (Å²) in [4.78, 5) is 2.05. The molecule has 0 radical (unpaired) electrons. The zero-order valence-corrected chi connectivity index (χ0v) is 12.1. The number of benzene rings is 1. The van der Waals surface area contributed by atoms with Crippen LogP contribution in [0.5, 0.6) is 5.75 Å². The predicted molar refractivity (Wildman–Crippen MR) is 77.8 cm³/mol. The summed E-state index contributed by atoms with van der Waals surface area (Å²) >= 11 is 2.11. The highest BCUT2D eigenvalue weighted by molar-refractivity contribution is 14.1. The second-order valence-corrected chi connectivity index (χ2v) is 5.39. The summed E-state index contributed by atoms with van der Waals surface area (Å²) in [6, 6.07) is 10.3. The number of anilines is 1. The quantitative estimate of drug-likeness (QED) is 0.778. The highest BCUT2D eigenvalue weighted by Gasteiger charge is 2.30. The second-order valence-electron chi connectivity index (χ2n) is 4.29. The number of hydrogen-bond donors (Lipinski definition) is 0. The third-order valence-corrected chi connectivity index (χ3v) is 3.50. The molecule has 19 heavy (non-hydrogen) atoms. The van der Waals surface area contributed by atoms with Crippen LogP contribution in [0.25, 0.3) is 0 Å². The first-order chi connectivity index (χ1) is 9.22. The number of ether oxygens (including phenoxy) is 1. The Morgan fingerprint density at radius 1 is 1.16 bits per heavy atom. The fraction of sp³-hybridized carbons (Fsp3) is 0.231. The lowest BCUT2D eigenvalue weighted by Gasteiger charge is -2.39. The molecule has 0 amide bonds.